The Hall–Kier alpha value is -20.0. The van der Waals surface area contributed by atoms with Crippen molar-refractivity contribution in [3.05, 3.63) is 540 Å². The number of rotatable bonds is 16. The van der Waals surface area contributed by atoms with Crippen molar-refractivity contribution in [2.45, 2.75) is 0 Å². The van der Waals surface area contributed by atoms with E-state index in [-0.39, 0.29) is 0 Å². The molecule has 30 aromatic rings. The lowest BCUT2D eigenvalue weighted by Crippen LogP contribution is -2.10. The van der Waals surface area contributed by atoms with E-state index < -0.39 is 0 Å². The Morgan fingerprint density at radius 2 is 0.362 bits per heavy atom. The maximum atomic E-state index is 6.72. The molecular weight excluding hydrogens is 1820 g/mol. The van der Waals surface area contributed by atoms with E-state index >= 15 is 0 Å². The van der Waals surface area contributed by atoms with Gasteiger partial charge in [-0.25, -0.2) is 0 Å². The summed E-state index contributed by atoms with van der Waals surface area (Å²) in [7, 11) is 0. The number of furan rings is 6. The average Bonchev–Trinajstić information content (AvgIpc) is 1.55. The molecule has 24 aromatic carbocycles. The first-order chi connectivity index (χ1) is 73.9. The highest BCUT2D eigenvalue weighted by Gasteiger charge is 2.27. The maximum absolute atomic E-state index is 6.72. The molecule has 0 radical (unpaired) electrons. The molecule has 0 unspecified atom stereocenters. The van der Waals surface area contributed by atoms with Crippen molar-refractivity contribution in [1.29, 1.82) is 0 Å². The zero-order valence-corrected chi connectivity index (χ0v) is 80.7. The highest BCUT2D eigenvalue weighted by atomic mass is 16.4. The van der Waals surface area contributed by atoms with Crippen molar-refractivity contribution in [2.75, 3.05) is 14.7 Å². The number of anilines is 9. The molecule has 9 nitrogen and oxygen atoms in total. The summed E-state index contributed by atoms with van der Waals surface area (Å²) >= 11 is 0. The molecule has 0 fully saturated rings. The fourth-order valence-corrected chi connectivity index (χ4v) is 22.1. The summed E-state index contributed by atoms with van der Waals surface area (Å²) < 4.78 is 38.4. The Balaban J connectivity index is 0.000000108. The van der Waals surface area contributed by atoms with Crippen LogP contribution in [0.2, 0.25) is 0 Å². The molecule has 0 aliphatic heterocycles. The first-order valence-corrected chi connectivity index (χ1v) is 50.4. The van der Waals surface area contributed by atoms with E-state index in [2.05, 4.69) is 494 Å². The fourth-order valence-electron chi connectivity index (χ4n) is 22.1. The Labute approximate surface area is 857 Å². The quantitative estimate of drug-likeness (QED) is 0.0938. The van der Waals surface area contributed by atoms with Crippen molar-refractivity contribution in [1.82, 2.24) is 0 Å². The molecule has 30 rings (SSSR count). The molecule has 0 atom stereocenters. The topological polar surface area (TPSA) is 88.6 Å². The number of para-hydroxylation sites is 4. The molecule has 700 valence electrons. The van der Waals surface area contributed by atoms with E-state index in [9.17, 15) is 0 Å². The molecule has 0 aliphatic rings. The number of hydrogen-bond donors (Lipinski definition) is 0. The van der Waals surface area contributed by atoms with E-state index in [1.54, 1.807) is 0 Å². The smallest absolute Gasteiger partial charge is 0.144 e. The molecule has 0 aliphatic carbocycles. The van der Waals surface area contributed by atoms with Gasteiger partial charge in [-0.1, -0.05) is 364 Å². The SMILES string of the molecule is c1ccc(-c2ccc(N(c3ccc(-c4ccc5oc6ccc7oc8ccccc8c7c6c5c4)cc3)c3cccc4ccccc34)cc2)cc1.c1ccc(-c2ccc(N(c3ccc(-c4ccccc4)cc3)c3ccc(-c4ccc5oc6ccc7oc8ccccc8c7c6c5c4)cc3)cc2)cc1.c1ccc(-c2ccc(N(c3ccccc3)c3ccc(-c4cccc5oc6c7ccccc7c7oc8ccccc8c7c6c45)cc3)cc2)cc1. The molecule has 0 saturated heterocycles. The monoisotopic (exact) mass is 1910 g/mol. The Morgan fingerprint density at radius 3 is 0.758 bits per heavy atom. The minimum atomic E-state index is 0.865. The van der Waals surface area contributed by atoms with Gasteiger partial charge in [0.1, 0.15) is 67.0 Å². The molecule has 9 heteroatoms. The summed E-state index contributed by atoms with van der Waals surface area (Å²) in [5.41, 5.74) is 36.8. The van der Waals surface area contributed by atoms with Crippen LogP contribution in [0.3, 0.4) is 0 Å². The van der Waals surface area contributed by atoms with E-state index in [4.69, 9.17) is 26.5 Å². The van der Waals surface area contributed by atoms with Crippen LogP contribution in [0.4, 0.5) is 51.2 Å². The Morgan fingerprint density at radius 1 is 0.121 bits per heavy atom. The van der Waals surface area contributed by atoms with Gasteiger partial charge in [0.05, 0.1) is 5.69 Å². The van der Waals surface area contributed by atoms with E-state index in [0.717, 1.165) is 227 Å². The lowest BCUT2D eigenvalue weighted by Gasteiger charge is -2.27. The lowest BCUT2D eigenvalue weighted by atomic mass is 9.95. The summed E-state index contributed by atoms with van der Waals surface area (Å²) in [5.74, 6) is 0. The van der Waals surface area contributed by atoms with E-state index in [1.165, 1.54) is 55.3 Å². The van der Waals surface area contributed by atoms with Crippen molar-refractivity contribution in [2.24, 2.45) is 0 Å². The molecule has 0 saturated carbocycles. The molecule has 149 heavy (non-hydrogen) atoms. The summed E-state index contributed by atoms with van der Waals surface area (Å²) in [6.45, 7) is 0. The highest BCUT2D eigenvalue weighted by molar-refractivity contribution is 6.36. The number of nitrogens with zero attached hydrogens (tertiary/aromatic N) is 3. The molecule has 0 N–H and O–H groups in total. The second kappa shape index (κ2) is 36.8. The molecule has 6 aromatic heterocycles. The minimum absolute atomic E-state index is 0.865. The second-order valence-electron chi connectivity index (χ2n) is 37.9. The van der Waals surface area contributed by atoms with Crippen LogP contribution in [-0.4, -0.2) is 0 Å². The van der Waals surface area contributed by atoms with Gasteiger partial charge in [0, 0.05) is 126 Å². The average molecular weight is 1910 g/mol. The van der Waals surface area contributed by atoms with Gasteiger partial charge in [-0.15, -0.1) is 0 Å². The van der Waals surface area contributed by atoms with Crippen molar-refractivity contribution >= 4 is 204 Å². The van der Waals surface area contributed by atoms with Crippen LogP contribution in [0.1, 0.15) is 0 Å². The summed E-state index contributed by atoms with van der Waals surface area (Å²) in [5, 5.41) is 17.7. The van der Waals surface area contributed by atoms with Crippen LogP contribution in [0, 0.1) is 0 Å². The molecule has 0 bridgehead atoms. The standard InChI is InChI=1S/C48H31NO2.2C46H29NO2/c1-3-9-32(10-4-1)34-15-22-38(23-16-34)49(39-24-17-35(18-25-39)33-11-5-2-6-12-33)40-26-19-36(20-27-40)37-21-28-44-42(31-37)48-46(51-44)30-29-45-47(48)41-13-7-8-14-43(41)50-45;1-3-12-30(13-4-1)31-22-26-34(27-23-31)47(33-14-5-2-6-15-33)35-28-24-32(25-29-35)36-19-11-21-41-42(36)44-43-39-18-9-10-20-40(39)48-45(43)37-16-7-8-17-38(37)46(44)49-41;1-2-9-30(10-3-1)31-17-22-35(23-18-31)47(40-15-8-12-33-11-4-5-13-37(33)40)36-24-19-32(20-25-36)34-21-26-42-39(29-34)46-44(49-42)28-27-43-45(46)38-14-6-7-16-41(38)48-43/h1-31H;2*1-29H. The third-order valence-corrected chi connectivity index (χ3v) is 29.2. The van der Waals surface area contributed by atoms with E-state index in [1.807, 2.05) is 60.7 Å². The van der Waals surface area contributed by atoms with Crippen LogP contribution < -0.4 is 14.7 Å². The van der Waals surface area contributed by atoms with Crippen LogP contribution in [0.25, 0.3) is 231 Å². The van der Waals surface area contributed by atoms with Crippen LogP contribution in [0.5, 0.6) is 0 Å². The van der Waals surface area contributed by atoms with Gasteiger partial charge in [-0.05, 0) is 259 Å². The summed E-state index contributed by atoms with van der Waals surface area (Å²) in [6.07, 6.45) is 0. The van der Waals surface area contributed by atoms with Crippen LogP contribution in [-0.2, 0) is 0 Å². The largest absolute Gasteiger partial charge is 0.456 e. The zero-order valence-electron chi connectivity index (χ0n) is 80.7. The normalized spacial score (nSPS) is 11.6. The molecule has 0 spiro atoms. The van der Waals surface area contributed by atoms with Crippen molar-refractivity contribution in [3.63, 3.8) is 0 Å². The number of fused-ring (bicyclic) bond motifs is 25. The fraction of sp³-hybridized carbons (Fsp3) is 0. The van der Waals surface area contributed by atoms with Crippen molar-refractivity contribution < 1.29 is 26.5 Å². The Kier molecular flexibility index (Phi) is 21.4. The predicted molar refractivity (Wildman–Crippen MR) is 620 cm³/mol. The predicted octanol–water partition coefficient (Wildman–Crippen LogP) is 40.8. The van der Waals surface area contributed by atoms with Gasteiger partial charge < -0.3 is 41.2 Å². The molecule has 0 amide bonds. The maximum Gasteiger partial charge on any atom is 0.144 e. The first kappa shape index (κ1) is 86.8. The number of hydrogen-bond acceptors (Lipinski definition) is 9. The third-order valence-electron chi connectivity index (χ3n) is 29.2. The molecular formula is C140H89N3O6. The first-order valence-electron chi connectivity index (χ1n) is 50.4. The van der Waals surface area contributed by atoms with Gasteiger partial charge in [0.15, 0.2) is 0 Å². The van der Waals surface area contributed by atoms with Gasteiger partial charge in [0.25, 0.3) is 0 Å². The van der Waals surface area contributed by atoms with Crippen LogP contribution in [0.15, 0.2) is 566 Å². The molecule has 6 heterocycles. The zero-order chi connectivity index (χ0) is 98.4. The van der Waals surface area contributed by atoms with Crippen molar-refractivity contribution in [3.8, 4) is 77.9 Å². The van der Waals surface area contributed by atoms with Crippen LogP contribution >= 0.6 is 0 Å². The lowest BCUT2D eigenvalue weighted by molar-refractivity contribution is 0.663. The summed E-state index contributed by atoms with van der Waals surface area (Å²) in [6, 6.07) is 190. The number of benzene rings is 24. The van der Waals surface area contributed by atoms with Gasteiger partial charge in [-0.3, -0.25) is 0 Å². The highest BCUT2D eigenvalue weighted by Crippen LogP contribution is 2.52. The van der Waals surface area contributed by atoms with Gasteiger partial charge in [0.2, 0.25) is 0 Å². The van der Waals surface area contributed by atoms with E-state index in [0.29, 0.717) is 0 Å². The van der Waals surface area contributed by atoms with Gasteiger partial charge in [-0.2, -0.15) is 0 Å². The third kappa shape index (κ3) is 15.6. The summed E-state index contributed by atoms with van der Waals surface area (Å²) in [4.78, 5) is 6.98. The Bertz CT molecular complexity index is 10200. The minimum Gasteiger partial charge on any atom is -0.456 e. The second-order valence-corrected chi connectivity index (χ2v) is 37.9. The van der Waals surface area contributed by atoms with Gasteiger partial charge >= 0.3 is 0 Å².